The van der Waals surface area contributed by atoms with Crippen LogP contribution in [0.4, 0.5) is 0 Å². The molecule has 0 amide bonds. The Morgan fingerprint density at radius 3 is 3.00 bits per heavy atom. The summed E-state index contributed by atoms with van der Waals surface area (Å²) < 4.78 is 27.0. The molecule has 0 bridgehead atoms. The summed E-state index contributed by atoms with van der Waals surface area (Å²) in [4.78, 5) is 0. The van der Waals surface area contributed by atoms with Crippen LogP contribution in [0.5, 0.6) is 0 Å². The first-order chi connectivity index (χ1) is 9.18. The minimum Gasteiger partial charge on any atom is -0.282 e. The van der Waals surface area contributed by atoms with Crippen molar-refractivity contribution in [3.05, 3.63) is 35.5 Å². The molecule has 0 aliphatic carbocycles. The van der Waals surface area contributed by atoms with Crippen molar-refractivity contribution in [3.63, 3.8) is 0 Å². The van der Waals surface area contributed by atoms with E-state index in [9.17, 15) is 8.42 Å². The number of aromatic amines is 1. The summed E-state index contributed by atoms with van der Waals surface area (Å²) in [5.41, 5.74) is 1.02. The number of piperidine rings is 1. The third-order valence-electron chi connectivity index (χ3n) is 3.44. The fourth-order valence-electron chi connectivity index (χ4n) is 2.45. The SMILES string of the molecule is O=S(=O)(c1cccs1)N1CCC[C@H](c2ccn[nH]2)C1. The van der Waals surface area contributed by atoms with E-state index in [1.165, 1.54) is 11.3 Å². The number of nitrogens with one attached hydrogen (secondary N) is 1. The van der Waals surface area contributed by atoms with Gasteiger partial charge in [0.15, 0.2) is 0 Å². The van der Waals surface area contributed by atoms with Gasteiger partial charge in [-0.05, 0) is 30.4 Å². The van der Waals surface area contributed by atoms with Crippen molar-refractivity contribution >= 4 is 21.4 Å². The van der Waals surface area contributed by atoms with Gasteiger partial charge in [0.05, 0.1) is 0 Å². The number of hydrogen-bond acceptors (Lipinski definition) is 4. The van der Waals surface area contributed by atoms with Crippen LogP contribution in [0.15, 0.2) is 34.0 Å². The van der Waals surface area contributed by atoms with Gasteiger partial charge in [-0.15, -0.1) is 11.3 Å². The molecule has 1 N–H and O–H groups in total. The van der Waals surface area contributed by atoms with E-state index >= 15 is 0 Å². The van der Waals surface area contributed by atoms with Gasteiger partial charge in [0, 0.05) is 30.9 Å². The predicted molar refractivity (Wildman–Crippen MR) is 73.6 cm³/mol. The Morgan fingerprint density at radius 1 is 1.42 bits per heavy atom. The van der Waals surface area contributed by atoms with Crippen molar-refractivity contribution in [3.8, 4) is 0 Å². The molecule has 0 spiro atoms. The molecule has 19 heavy (non-hydrogen) atoms. The zero-order valence-corrected chi connectivity index (χ0v) is 12.0. The first-order valence-corrected chi connectivity index (χ1v) is 8.53. The van der Waals surface area contributed by atoms with Crippen LogP contribution in [-0.4, -0.2) is 36.0 Å². The van der Waals surface area contributed by atoms with Crippen molar-refractivity contribution in [2.75, 3.05) is 13.1 Å². The minimum absolute atomic E-state index is 0.214. The molecule has 1 atom stereocenters. The zero-order chi connectivity index (χ0) is 13.3. The van der Waals surface area contributed by atoms with Gasteiger partial charge in [-0.2, -0.15) is 9.40 Å². The van der Waals surface area contributed by atoms with Crippen LogP contribution in [0.1, 0.15) is 24.5 Å². The molecular formula is C12H15N3O2S2. The van der Waals surface area contributed by atoms with Gasteiger partial charge in [-0.3, -0.25) is 5.10 Å². The Bertz CT molecular complexity index is 620. The smallest absolute Gasteiger partial charge is 0.252 e. The second-order valence-electron chi connectivity index (χ2n) is 4.65. The molecule has 0 saturated carbocycles. The summed E-state index contributed by atoms with van der Waals surface area (Å²) in [6.07, 6.45) is 3.59. The molecule has 102 valence electrons. The maximum absolute atomic E-state index is 12.5. The lowest BCUT2D eigenvalue weighted by Crippen LogP contribution is -2.38. The fraction of sp³-hybridized carbons (Fsp3) is 0.417. The Labute approximate surface area is 116 Å². The van der Waals surface area contributed by atoms with Crippen LogP contribution < -0.4 is 0 Å². The van der Waals surface area contributed by atoms with Crippen LogP contribution in [0.2, 0.25) is 0 Å². The van der Waals surface area contributed by atoms with E-state index in [1.54, 1.807) is 28.0 Å². The second-order valence-corrected chi connectivity index (χ2v) is 7.76. The van der Waals surface area contributed by atoms with Gasteiger partial charge in [-0.25, -0.2) is 8.42 Å². The highest BCUT2D eigenvalue weighted by Crippen LogP contribution is 2.30. The van der Waals surface area contributed by atoms with Crippen molar-refractivity contribution < 1.29 is 8.42 Å². The standard InChI is InChI=1S/C12H15N3O2S2/c16-19(17,12-4-2-8-18-12)15-7-1-3-10(9-15)11-5-6-13-14-11/h2,4-6,8,10H,1,3,7,9H2,(H,13,14)/t10-/m0/s1. The average Bonchev–Trinajstić information content (AvgIpc) is 3.12. The topological polar surface area (TPSA) is 66.1 Å². The number of H-pyrrole nitrogens is 1. The maximum Gasteiger partial charge on any atom is 0.252 e. The zero-order valence-electron chi connectivity index (χ0n) is 10.3. The molecule has 0 radical (unpaired) electrons. The molecule has 1 aliphatic heterocycles. The van der Waals surface area contributed by atoms with Gasteiger partial charge >= 0.3 is 0 Å². The average molecular weight is 297 g/mol. The predicted octanol–water partition coefficient (Wildman–Crippen LogP) is 2.04. The highest BCUT2D eigenvalue weighted by Gasteiger charge is 2.31. The van der Waals surface area contributed by atoms with Gasteiger partial charge in [-0.1, -0.05) is 6.07 Å². The summed E-state index contributed by atoms with van der Waals surface area (Å²) >= 11 is 1.27. The fourth-order valence-corrected chi connectivity index (χ4v) is 5.11. The lowest BCUT2D eigenvalue weighted by Gasteiger charge is -2.30. The molecule has 1 saturated heterocycles. The van der Waals surface area contributed by atoms with Crippen molar-refractivity contribution in [1.82, 2.24) is 14.5 Å². The Kier molecular flexibility index (Phi) is 3.42. The Hall–Kier alpha value is -1.18. The van der Waals surface area contributed by atoms with Crippen molar-refractivity contribution in [2.24, 2.45) is 0 Å². The minimum atomic E-state index is -3.33. The number of hydrogen-bond donors (Lipinski definition) is 1. The van der Waals surface area contributed by atoms with E-state index in [0.717, 1.165) is 18.5 Å². The molecule has 2 aromatic heterocycles. The first kappa shape index (κ1) is 12.8. The number of nitrogens with zero attached hydrogens (tertiary/aromatic N) is 2. The Morgan fingerprint density at radius 2 is 2.32 bits per heavy atom. The van der Waals surface area contributed by atoms with Crippen LogP contribution in [0, 0.1) is 0 Å². The molecule has 5 nitrogen and oxygen atoms in total. The molecule has 7 heteroatoms. The molecule has 3 heterocycles. The first-order valence-electron chi connectivity index (χ1n) is 6.21. The molecule has 1 fully saturated rings. The third kappa shape index (κ3) is 2.45. The van der Waals surface area contributed by atoms with Gasteiger partial charge < -0.3 is 0 Å². The molecule has 3 rings (SSSR count). The van der Waals surface area contributed by atoms with Gasteiger partial charge in [0.2, 0.25) is 0 Å². The molecule has 0 unspecified atom stereocenters. The molecule has 0 aromatic carbocycles. The monoisotopic (exact) mass is 297 g/mol. The van der Waals surface area contributed by atoms with Crippen molar-refractivity contribution in [1.29, 1.82) is 0 Å². The normalized spacial score (nSPS) is 21.6. The van der Waals surface area contributed by atoms with Crippen LogP contribution in [0.3, 0.4) is 0 Å². The summed E-state index contributed by atoms with van der Waals surface area (Å²) in [6.45, 7) is 1.13. The highest BCUT2D eigenvalue weighted by atomic mass is 32.2. The van der Waals surface area contributed by atoms with E-state index in [2.05, 4.69) is 10.2 Å². The van der Waals surface area contributed by atoms with E-state index < -0.39 is 10.0 Å². The van der Waals surface area contributed by atoms with E-state index in [4.69, 9.17) is 0 Å². The lowest BCUT2D eigenvalue weighted by atomic mass is 9.96. The quantitative estimate of drug-likeness (QED) is 0.943. The van der Waals surface area contributed by atoms with Crippen molar-refractivity contribution in [2.45, 2.75) is 23.0 Å². The summed E-state index contributed by atoms with van der Waals surface area (Å²) in [5.74, 6) is 0.214. The van der Waals surface area contributed by atoms with Crippen LogP contribution in [-0.2, 0) is 10.0 Å². The van der Waals surface area contributed by atoms with Gasteiger partial charge in [0.1, 0.15) is 4.21 Å². The number of thiophene rings is 1. The number of rotatable bonds is 3. The number of sulfonamides is 1. The summed E-state index contributed by atoms with van der Waals surface area (Å²) in [7, 11) is -3.33. The summed E-state index contributed by atoms with van der Waals surface area (Å²) in [5, 5.41) is 8.68. The highest BCUT2D eigenvalue weighted by molar-refractivity contribution is 7.91. The molecule has 2 aromatic rings. The van der Waals surface area contributed by atoms with E-state index in [-0.39, 0.29) is 5.92 Å². The van der Waals surface area contributed by atoms with E-state index in [0.29, 0.717) is 17.3 Å². The summed E-state index contributed by atoms with van der Waals surface area (Å²) in [6, 6.07) is 5.36. The third-order valence-corrected chi connectivity index (χ3v) is 6.67. The largest absolute Gasteiger partial charge is 0.282 e. The van der Waals surface area contributed by atoms with Crippen LogP contribution in [0.25, 0.3) is 0 Å². The molecular weight excluding hydrogens is 282 g/mol. The van der Waals surface area contributed by atoms with E-state index in [1.807, 2.05) is 6.07 Å². The maximum atomic E-state index is 12.5. The molecule has 1 aliphatic rings. The van der Waals surface area contributed by atoms with Gasteiger partial charge in [0.25, 0.3) is 10.0 Å². The number of aromatic nitrogens is 2. The Balaban J connectivity index is 1.82. The second kappa shape index (κ2) is 5.07. The lowest BCUT2D eigenvalue weighted by molar-refractivity contribution is 0.313. The van der Waals surface area contributed by atoms with Crippen LogP contribution >= 0.6 is 11.3 Å².